The van der Waals surface area contributed by atoms with Crippen molar-refractivity contribution in [3.05, 3.63) is 0 Å². The summed E-state index contributed by atoms with van der Waals surface area (Å²) in [7, 11) is 1.64. The molecule has 0 aliphatic rings. The van der Waals surface area contributed by atoms with E-state index in [-0.39, 0.29) is 6.04 Å². The lowest BCUT2D eigenvalue weighted by Crippen LogP contribution is -2.30. The molecule has 0 rings (SSSR count). The van der Waals surface area contributed by atoms with Crippen molar-refractivity contribution in [1.29, 1.82) is 5.26 Å². The molecule has 3 nitrogen and oxygen atoms in total. The Morgan fingerprint density at radius 2 is 2.44 bits per heavy atom. The van der Waals surface area contributed by atoms with Gasteiger partial charge >= 0.3 is 0 Å². The predicted octanol–water partition coefficient (Wildman–Crippen LogP) is 0.134. The Kier molecular flexibility index (Phi) is 5.18. The Bertz CT molecular complexity index is 97.7. The van der Waals surface area contributed by atoms with E-state index < -0.39 is 0 Å². The molecule has 0 aliphatic carbocycles. The largest absolute Gasteiger partial charge is 0.383 e. The smallest absolute Gasteiger partial charge is 0.0843 e. The van der Waals surface area contributed by atoms with Gasteiger partial charge in [-0.15, -0.1) is 0 Å². The van der Waals surface area contributed by atoms with E-state index in [1.54, 1.807) is 7.11 Å². The lowest BCUT2D eigenvalue weighted by Gasteiger charge is -2.08. The SMILES string of the molecule is COC[C@@H](C)NCC#N. The van der Waals surface area contributed by atoms with Crippen LogP contribution in [0.3, 0.4) is 0 Å². The number of nitrogens with one attached hydrogen (secondary N) is 1. The van der Waals surface area contributed by atoms with E-state index in [0.717, 1.165) is 0 Å². The number of rotatable bonds is 4. The summed E-state index contributed by atoms with van der Waals surface area (Å²) in [5, 5.41) is 11.1. The Morgan fingerprint density at radius 1 is 1.78 bits per heavy atom. The first-order chi connectivity index (χ1) is 4.31. The minimum atomic E-state index is 0.273. The standard InChI is InChI=1S/C6H12N2O/c1-6(5-9-2)8-4-3-7/h6,8H,4-5H2,1-2H3/t6-/m1/s1. The van der Waals surface area contributed by atoms with Crippen molar-refractivity contribution in [3.63, 3.8) is 0 Å². The highest BCUT2D eigenvalue weighted by Gasteiger charge is 1.96. The fraction of sp³-hybridized carbons (Fsp3) is 0.833. The van der Waals surface area contributed by atoms with Crippen molar-refractivity contribution in [2.45, 2.75) is 13.0 Å². The maximum Gasteiger partial charge on any atom is 0.0843 e. The molecular formula is C6H12N2O. The van der Waals surface area contributed by atoms with Crippen LogP contribution in [0.15, 0.2) is 0 Å². The molecule has 0 bridgehead atoms. The molecule has 0 fully saturated rings. The van der Waals surface area contributed by atoms with Crippen LogP contribution in [0.2, 0.25) is 0 Å². The molecule has 0 saturated heterocycles. The molecular weight excluding hydrogens is 116 g/mol. The van der Waals surface area contributed by atoms with Gasteiger partial charge in [-0.1, -0.05) is 0 Å². The lowest BCUT2D eigenvalue weighted by molar-refractivity contribution is 0.174. The van der Waals surface area contributed by atoms with E-state index in [9.17, 15) is 0 Å². The molecule has 1 N–H and O–H groups in total. The molecule has 0 aromatic heterocycles. The minimum absolute atomic E-state index is 0.273. The third-order valence-electron chi connectivity index (χ3n) is 0.946. The van der Waals surface area contributed by atoms with Crippen LogP contribution in [0.5, 0.6) is 0 Å². The topological polar surface area (TPSA) is 45.0 Å². The first-order valence-corrected chi connectivity index (χ1v) is 2.90. The summed E-state index contributed by atoms with van der Waals surface area (Å²) in [5.74, 6) is 0. The fourth-order valence-electron chi connectivity index (χ4n) is 0.529. The summed E-state index contributed by atoms with van der Waals surface area (Å²) in [4.78, 5) is 0. The molecule has 0 radical (unpaired) electrons. The van der Waals surface area contributed by atoms with E-state index in [1.807, 2.05) is 13.0 Å². The lowest BCUT2D eigenvalue weighted by atomic mass is 10.4. The van der Waals surface area contributed by atoms with Crippen molar-refractivity contribution < 1.29 is 4.74 Å². The first kappa shape index (κ1) is 8.41. The normalized spacial score (nSPS) is 12.6. The van der Waals surface area contributed by atoms with E-state index in [0.29, 0.717) is 13.2 Å². The molecule has 0 unspecified atom stereocenters. The van der Waals surface area contributed by atoms with Gasteiger partial charge in [-0.05, 0) is 6.92 Å². The van der Waals surface area contributed by atoms with Gasteiger partial charge in [-0.2, -0.15) is 5.26 Å². The highest BCUT2D eigenvalue weighted by atomic mass is 16.5. The van der Waals surface area contributed by atoms with Crippen LogP contribution in [-0.4, -0.2) is 26.3 Å². The van der Waals surface area contributed by atoms with Gasteiger partial charge in [0.25, 0.3) is 0 Å². The summed E-state index contributed by atoms with van der Waals surface area (Å²) in [6, 6.07) is 2.26. The van der Waals surface area contributed by atoms with E-state index in [4.69, 9.17) is 10.00 Å². The van der Waals surface area contributed by atoms with Gasteiger partial charge in [0.2, 0.25) is 0 Å². The average molecular weight is 128 g/mol. The summed E-state index contributed by atoms with van der Waals surface area (Å²) in [6.45, 7) is 3.02. The predicted molar refractivity (Wildman–Crippen MR) is 35.0 cm³/mol. The highest BCUT2D eigenvalue weighted by Crippen LogP contribution is 1.79. The Labute approximate surface area is 55.6 Å². The van der Waals surface area contributed by atoms with Gasteiger partial charge in [-0.25, -0.2) is 0 Å². The van der Waals surface area contributed by atoms with E-state index in [2.05, 4.69) is 5.32 Å². The third kappa shape index (κ3) is 5.28. The molecule has 0 aromatic carbocycles. The molecule has 1 atom stereocenters. The molecule has 52 valence electrons. The van der Waals surface area contributed by atoms with Crippen LogP contribution in [0.1, 0.15) is 6.92 Å². The summed E-state index contributed by atoms with van der Waals surface area (Å²) >= 11 is 0. The molecule has 9 heavy (non-hydrogen) atoms. The third-order valence-corrected chi connectivity index (χ3v) is 0.946. The summed E-state index contributed by atoms with van der Waals surface area (Å²) in [6.07, 6.45) is 0. The van der Waals surface area contributed by atoms with E-state index >= 15 is 0 Å². The monoisotopic (exact) mass is 128 g/mol. The zero-order chi connectivity index (χ0) is 7.11. The second kappa shape index (κ2) is 5.54. The zero-order valence-electron chi connectivity index (χ0n) is 5.85. The summed E-state index contributed by atoms with van der Waals surface area (Å²) < 4.78 is 4.83. The van der Waals surface area contributed by atoms with Crippen molar-refractivity contribution in [3.8, 4) is 6.07 Å². The van der Waals surface area contributed by atoms with Gasteiger partial charge in [0.15, 0.2) is 0 Å². The number of nitriles is 1. The molecule has 0 aromatic rings. The van der Waals surface area contributed by atoms with Crippen LogP contribution in [-0.2, 0) is 4.74 Å². The van der Waals surface area contributed by atoms with Crippen molar-refractivity contribution in [1.82, 2.24) is 5.32 Å². The molecule has 0 aliphatic heterocycles. The maximum atomic E-state index is 8.13. The van der Waals surface area contributed by atoms with E-state index in [1.165, 1.54) is 0 Å². The van der Waals surface area contributed by atoms with Crippen LogP contribution in [0, 0.1) is 11.3 Å². The highest BCUT2D eigenvalue weighted by molar-refractivity contribution is 4.75. The molecule has 0 amide bonds. The van der Waals surface area contributed by atoms with Crippen LogP contribution in [0.25, 0.3) is 0 Å². The number of ether oxygens (including phenoxy) is 1. The zero-order valence-corrected chi connectivity index (χ0v) is 5.85. The average Bonchev–Trinajstić information content (AvgIpc) is 1.85. The second-order valence-corrected chi connectivity index (χ2v) is 1.90. The first-order valence-electron chi connectivity index (χ1n) is 2.90. The van der Waals surface area contributed by atoms with Gasteiger partial charge in [0, 0.05) is 13.2 Å². The van der Waals surface area contributed by atoms with Crippen LogP contribution >= 0.6 is 0 Å². The molecule has 0 spiro atoms. The second-order valence-electron chi connectivity index (χ2n) is 1.90. The van der Waals surface area contributed by atoms with Crippen LogP contribution < -0.4 is 5.32 Å². The maximum absolute atomic E-state index is 8.13. The fourth-order valence-corrected chi connectivity index (χ4v) is 0.529. The number of nitrogens with zero attached hydrogens (tertiary/aromatic N) is 1. The molecule has 3 heteroatoms. The van der Waals surface area contributed by atoms with Gasteiger partial charge < -0.3 is 4.74 Å². The molecule has 0 heterocycles. The van der Waals surface area contributed by atoms with Crippen LogP contribution in [0.4, 0.5) is 0 Å². The van der Waals surface area contributed by atoms with Crippen molar-refractivity contribution >= 4 is 0 Å². The Hall–Kier alpha value is -0.590. The minimum Gasteiger partial charge on any atom is -0.383 e. The summed E-state index contributed by atoms with van der Waals surface area (Å²) in [5.41, 5.74) is 0. The number of hydrogen-bond acceptors (Lipinski definition) is 3. The van der Waals surface area contributed by atoms with Gasteiger partial charge in [0.05, 0.1) is 19.2 Å². The van der Waals surface area contributed by atoms with Gasteiger partial charge in [-0.3, -0.25) is 5.32 Å². The molecule has 0 saturated carbocycles. The number of hydrogen-bond donors (Lipinski definition) is 1. The Balaban J connectivity index is 3.07. The van der Waals surface area contributed by atoms with Gasteiger partial charge in [0.1, 0.15) is 0 Å². The van der Waals surface area contributed by atoms with Crippen molar-refractivity contribution in [2.24, 2.45) is 0 Å². The van der Waals surface area contributed by atoms with Crippen molar-refractivity contribution in [2.75, 3.05) is 20.3 Å². The quantitative estimate of drug-likeness (QED) is 0.547. The number of methoxy groups -OCH3 is 1. The Morgan fingerprint density at radius 3 is 2.89 bits per heavy atom.